The van der Waals surface area contributed by atoms with Crippen molar-refractivity contribution < 1.29 is 8.42 Å². The van der Waals surface area contributed by atoms with Crippen LogP contribution in [0.5, 0.6) is 0 Å². The van der Waals surface area contributed by atoms with Crippen molar-refractivity contribution in [1.82, 2.24) is 14.7 Å². The second-order valence-corrected chi connectivity index (χ2v) is 6.09. The van der Waals surface area contributed by atoms with Crippen LogP contribution in [-0.2, 0) is 16.6 Å². The molecular weight excluding hydrogens is 264 g/mol. The van der Waals surface area contributed by atoms with E-state index in [2.05, 4.69) is 14.7 Å². The van der Waals surface area contributed by atoms with Gasteiger partial charge in [-0.2, -0.15) is 0 Å². The summed E-state index contributed by atoms with van der Waals surface area (Å²) in [6.07, 6.45) is 3.08. The molecule has 0 aliphatic rings. The van der Waals surface area contributed by atoms with Crippen LogP contribution in [0.15, 0.2) is 29.6 Å². The lowest BCUT2D eigenvalue weighted by molar-refractivity contribution is 0.579. The van der Waals surface area contributed by atoms with Gasteiger partial charge >= 0.3 is 0 Å². The van der Waals surface area contributed by atoms with E-state index in [1.165, 1.54) is 6.33 Å². The fourth-order valence-electron chi connectivity index (χ4n) is 2.03. The van der Waals surface area contributed by atoms with Gasteiger partial charge in [-0.15, -0.1) is 0 Å². The molecule has 19 heavy (non-hydrogen) atoms. The Morgan fingerprint density at radius 1 is 1.32 bits per heavy atom. The molecule has 0 radical (unpaired) electrons. The molecule has 7 heteroatoms. The molecule has 2 aromatic rings. The average Bonchev–Trinajstić information content (AvgIpc) is 2.77. The van der Waals surface area contributed by atoms with Gasteiger partial charge in [0.15, 0.2) is 0 Å². The van der Waals surface area contributed by atoms with Crippen molar-refractivity contribution in [2.75, 3.05) is 5.73 Å². The van der Waals surface area contributed by atoms with Crippen LogP contribution >= 0.6 is 0 Å². The number of hydrogen-bond donors (Lipinski definition) is 3. The number of benzene rings is 1. The molecule has 0 bridgehead atoms. The minimum Gasteiger partial charge on any atom is -0.399 e. The van der Waals surface area contributed by atoms with Crippen molar-refractivity contribution >= 4 is 15.7 Å². The van der Waals surface area contributed by atoms with E-state index in [0.717, 1.165) is 0 Å². The maximum absolute atomic E-state index is 12.3. The molecule has 0 atom stereocenters. The van der Waals surface area contributed by atoms with Crippen LogP contribution < -0.4 is 10.5 Å². The summed E-state index contributed by atoms with van der Waals surface area (Å²) in [5.74, 6) is 0. The molecule has 4 N–H and O–H groups in total. The molecule has 0 amide bonds. The smallest absolute Gasteiger partial charge is 0.241 e. The molecule has 0 spiro atoms. The number of aromatic nitrogens is 2. The van der Waals surface area contributed by atoms with Crippen LogP contribution in [0, 0.1) is 13.8 Å². The highest BCUT2D eigenvalue weighted by molar-refractivity contribution is 7.89. The van der Waals surface area contributed by atoms with Crippen LogP contribution in [0.25, 0.3) is 0 Å². The van der Waals surface area contributed by atoms with Gasteiger partial charge < -0.3 is 10.7 Å². The molecule has 1 aromatic carbocycles. The van der Waals surface area contributed by atoms with Crippen molar-refractivity contribution in [2.24, 2.45) is 0 Å². The summed E-state index contributed by atoms with van der Waals surface area (Å²) >= 11 is 0. The van der Waals surface area contributed by atoms with E-state index in [4.69, 9.17) is 5.73 Å². The van der Waals surface area contributed by atoms with E-state index in [1.807, 2.05) is 0 Å². The quantitative estimate of drug-likeness (QED) is 0.730. The second-order valence-electron chi connectivity index (χ2n) is 4.39. The zero-order valence-electron chi connectivity index (χ0n) is 10.8. The minimum atomic E-state index is -3.57. The van der Waals surface area contributed by atoms with E-state index in [9.17, 15) is 8.42 Å². The first-order valence-electron chi connectivity index (χ1n) is 5.74. The van der Waals surface area contributed by atoms with E-state index >= 15 is 0 Å². The number of imidazole rings is 1. The summed E-state index contributed by atoms with van der Waals surface area (Å²) in [7, 11) is -3.57. The topological polar surface area (TPSA) is 101 Å². The zero-order valence-corrected chi connectivity index (χ0v) is 11.6. The minimum absolute atomic E-state index is 0.172. The molecule has 2 rings (SSSR count). The maximum Gasteiger partial charge on any atom is 0.241 e. The molecule has 0 fully saturated rings. The van der Waals surface area contributed by atoms with Crippen LogP contribution in [0.3, 0.4) is 0 Å². The van der Waals surface area contributed by atoms with Crippen LogP contribution in [0.2, 0.25) is 0 Å². The normalized spacial score (nSPS) is 11.7. The highest BCUT2D eigenvalue weighted by Gasteiger charge is 2.19. The van der Waals surface area contributed by atoms with Crippen molar-refractivity contribution in [2.45, 2.75) is 25.3 Å². The SMILES string of the molecule is Cc1cc(N)cc(C)c1S(=O)(=O)NCc1cnc[nH]1. The molecule has 1 aromatic heterocycles. The summed E-state index contributed by atoms with van der Waals surface area (Å²) in [6, 6.07) is 3.30. The Bertz CT molecular complexity index is 655. The molecule has 0 saturated carbocycles. The third-order valence-corrected chi connectivity index (χ3v) is 4.46. The molecular formula is C12H16N4O2S. The van der Waals surface area contributed by atoms with Gasteiger partial charge in [-0.1, -0.05) is 0 Å². The molecule has 6 nitrogen and oxygen atoms in total. The fourth-order valence-corrected chi connectivity index (χ4v) is 3.49. The summed E-state index contributed by atoms with van der Waals surface area (Å²) in [5, 5.41) is 0. The average molecular weight is 280 g/mol. The number of nitrogens with two attached hydrogens (primary N) is 1. The molecule has 1 heterocycles. The Balaban J connectivity index is 2.29. The molecule has 0 saturated heterocycles. The van der Waals surface area contributed by atoms with Crippen LogP contribution in [0.1, 0.15) is 16.8 Å². The third kappa shape index (κ3) is 2.94. The Hall–Kier alpha value is -1.86. The lowest BCUT2D eigenvalue weighted by Gasteiger charge is -2.12. The Morgan fingerprint density at radius 2 is 1.95 bits per heavy atom. The first kappa shape index (κ1) is 13.6. The number of nitrogen functional groups attached to an aromatic ring is 1. The van der Waals surface area contributed by atoms with Crippen molar-refractivity contribution in [1.29, 1.82) is 0 Å². The van der Waals surface area contributed by atoms with Gasteiger partial charge in [0.2, 0.25) is 10.0 Å². The standard InChI is InChI=1S/C12H16N4O2S/c1-8-3-10(13)4-9(2)12(8)19(17,18)16-6-11-5-14-7-15-11/h3-5,7,16H,6,13H2,1-2H3,(H,14,15). The highest BCUT2D eigenvalue weighted by atomic mass is 32.2. The number of aromatic amines is 1. The fraction of sp³-hybridized carbons (Fsp3) is 0.250. The zero-order chi connectivity index (χ0) is 14.0. The lowest BCUT2D eigenvalue weighted by atomic mass is 10.1. The number of sulfonamides is 1. The van der Waals surface area contributed by atoms with Gasteiger partial charge in [0.05, 0.1) is 17.8 Å². The molecule has 0 unspecified atom stereocenters. The lowest BCUT2D eigenvalue weighted by Crippen LogP contribution is -2.25. The summed E-state index contributed by atoms with van der Waals surface area (Å²) in [5.41, 5.74) is 8.22. The van der Waals surface area contributed by atoms with Crippen molar-refractivity contribution in [3.8, 4) is 0 Å². The highest BCUT2D eigenvalue weighted by Crippen LogP contribution is 2.22. The van der Waals surface area contributed by atoms with E-state index < -0.39 is 10.0 Å². The molecule has 102 valence electrons. The van der Waals surface area contributed by atoms with Gasteiger partial charge in [-0.3, -0.25) is 0 Å². The van der Waals surface area contributed by atoms with E-state index in [-0.39, 0.29) is 11.4 Å². The van der Waals surface area contributed by atoms with Crippen LogP contribution in [-0.4, -0.2) is 18.4 Å². The third-order valence-electron chi connectivity index (χ3n) is 2.76. The monoisotopic (exact) mass is 280 g/mol. The van der Waals surface area contributed by atoms with Gasteiger partial charge in [0, 0.05) is 17.6 Å². The second kappa shape index (κ2) is 5.02. The van der Waals surface area contributed by atoms with Crippen molar-refractivity contribution in [3.05, 3.63) is 41.5 Å². The number of nitrogens with zero attached hydrogens (tertiary/aromatic N) is 1. The first-order valence-corrected chi connectivity index (χ1v) is 7.22. The maximum atomic E-state index is 12.3. The molecule has 0 aliphatic heterocycles. The number of aryl methyl sites for hydroxylation is 2. The first-order chi connectivity index (χ1) is 8.90. The number of anilines is 1. The largest absolute Gasteiger partial charge is 0.399 e. The van der Waals surface area contributed by atoms with Gasteiger partial charge in [0.1, 0.15) is 0 Å². The Kier molecular flexibility index (Phi) is 3.59. The van der Waals surface area contributed by atoms with Crippen molar-refractivity contribution in [3.63, 3.8) is 0 Å². The Morgan fingerprint density at radius 3 is 2.47 bits per heavy atom. The van der Waals surface area contributed by atoms with E-state index in [0.29, 0.717) is 22.5 Å². The number of rotatable bonds is 4. The number of nitrogens with one attached hydrogen (secondary N) is 2. The predicted octanol–water partition coefficient (Wildman–Crippen LogP) is 1.09. The summed E-state index contributed by atoms with van der Waals surface area (Å²) < 4.78 is 27.1. The van der Waals surface area contributed by atoms with Crippen LogP contribution in [0.4, 0.5) is 5.69 Å². The van der Waals surface area contributed by atoms with Gasteiger partial charge in [-0.25, -0.2) is 18.1 Å². The van der Waals surface area contributed by atoms with E-state index in [1.54, 1.807) is 32.2 Å². The summed E-state index contributed by atoms with van der Waals surface area (Å²) in [6.45, 7) is 3.63. The predicted molar refractivity (Wildman–Crippen MR) is 72.9 cm³/mol. The number of hydrogen-bond acceptors (Lipinski definition) is 4. The summed E-state index contributed by atoms with van der Waals surface area (Å²) in [4.78, 5) is 6.96. The number of H-pyrrole nitrogens is 1. The van der Waals surface area contributed by atoms with Gasteiger partial charge in [-0.05, 0) is 37.1 Å². The Labute approximate surface area is 112 Å². The van der Waals surface area contributed by atoms with Gasteiger partial charge in [0.25, 0.3) is 0 Å². The molecule has 0 aliphatic carbocycles.